The Morgan fingerprint density at radius 1 is 1.17 bits per heavy atom. The predicted molar refractivity (Wildman–Crippen MR) is 88.2 cm³/mol. The quantitative estimate of drug-likeness (QED) is 0.673. The van der Waals surface area contributed by atoms with Gasteiger partial charge in [0.25, 0.3) is 5.91 Å². The molecule has 3 heterocycles. The van der Waals surface area contributed by atoms with Crippen molar-refractivity contribution in [1.82, 2.24) is 20.2 Å². The summed E-state index contributed by atoms with van der Waals surface area (Å²) in [7, 11) is 0. The Hall–Kier alpha value is -3.22. The van der Waals surface area contributed by atoms with Crippen LogP contribution in [0.4, 0.5) is 11.5 Å². The molecule has 0 saturated carbocycles. The van der Waals surface area contributed by atoms with E-state index in [0.717, 1.165) is 12.4 Å². The van der Waals surface area contributed by atoms with Crippen molar-refractivity contribution >= 4 is 17.4 Å². The fraction of sp³-hybridized carbons (Fsp3) is 0.125. The van der Waals surface area contributed by atoms with Gasteiger partial charge in [0.1, 0.15) is 11.5 Å². The smallest absolute Gasteiger partial charge is 0.257 e. The van der Waals surface area contributed by atoms with Crippen LogP contribution in [0.2, 0.25) is 0 Å². The van der Waals surface area contributed by atoms with Gasteiger partial charge in [-0.15, -0.1) is 0 Å². The van der Waals surface area contributed by atoms with E-state index in [0.29, 0.717) is 22.6 Å². The maximum Gasteiger partial charge on any atom is 0.257 e. The fourth-order valence-electron chi connectivity index (χ4n) is 2.10. The summed E-state index contributed by atoms with van der Waals surface area (Å²) in [6.45, 7) is 2.77. The highest BCUT2D eigenvalue weighted by Gasteiger charge is 2.13. The second-order valence-electron chi connectivity index (χ2n) is 4.79. The summed E-state index contributed by atoms with van der Waals surface area (Å²) in [4.78, 5) is 20.8. The molecule has 7 heteroatoms. The molecule has 1 amide bonds. The molecule has 3 aromatic heterocycles. The summed E-state index contributed by atoms with van der Waals surface area (Å²) in [5.74, 6) is 0.487. The minimum absolute atomic E-state index is 0.251. The van der Waals surface area contributed by atoms with Crippen LogP contribution in [0.1, 0.15) is 17.3 Å². The van der Waals surface area contributed by atoms with E-state index < -0.39 is 0 Å². The lowest BCUT2D eigenvalue weighted by molar-refractivity contribution is 0.102. The number of carbonyl (C=O) groups excluding carboxylic acids is 1. The number of nitrogens with one attached hydrogen (secondary N) is 3. The first-order valence-electron chi connectivity index (χ1n) is 7.24. The molecular weight excluding hydrogens is 292 g/mol. The average molecular weight is 308 g/mol. The lowest BCUT2D eigenvalue weighted by Crippen LogP contribution is -2.13. The van der Waals surface area contributed by atoms with Crippen molar-refractivity contribution in [3.8, 4) is 11.4 Å². The van der Waals surface area contributed by atoms with Crippen LogP contribution in [0.3, 0.4) is 0 Å². The Morgan fingerprint density at radius 2 is 2.09 bits per heavy atom. The maximum atomic E-state index is 12.3. The first-order valence-corrected chi connectivity index (χ1v) is 7.24. The van der Waals surface area contributed by atoms with E-state index in [2.05, 4.69) is 30.8 Å². The number of carbonyl (C=O) groups is 1. The highest BCUT2D eigenvalue weighted by molar-refractivity contribution is 6.05. The topological polar surface area (TPSA) is 95.6 Å². The van der Waals surface area contributed by atoms with Gasteiger partial charge < -0.3 is 10.6 Å². The van der Waals surface area contributed by atoms with E-state index in [-0.39, 0.29) is 5.91 Å². The molecule has 0 fully saturated rings. The number of aromatic nitrogens is 4. The number of amides is 1. The molecule has 0 aliphatic heterocycles. The lowest BCUT2D eigenvalue weighted by Gasteiger charge is -2.06. The third kappa shape index (κ3) is 3.34. The van der Waals surface area contributed by atoms with Gasteiger partial charge in [-0.1, -0.05) is 6.07 Å². The zero-order valence-electron chi connectivity index (χ0n) is 12.6. The van der Waals surface area contributed by atoms with E-state index in [1.54, 1.807) is 24.5 Å². The van der Waals surface area contributed by atoms with Gasteiger partial charge >= 0.3 is 0 Å². The normalized spacial score (nSPS) is 10.3. The summed E-state index contributed by atoms with van der Waals surface area (Å²) in [5.41, 5.74) is 2.42. The average Bonchev–Trinajstić information content (AvgIpc) is 3.05. The molecule has 0 saturated heterocycles. The van der Waals surface area contributed by atoms with Crippen LogP contribution in [0.5, 0.6) is 0 Å². The van der Waals surface area contributed by atoms with Crippen molar-refractivity contribution in [3.05, 3.63) is 54.5 Å². The molecular formula is C16H16N6O. The largest absolute Gasteiger partial charge is 0.370 e. The Morgan fingerprint density at radius 3 is 2.78 bits per heavy atom. The lowest BCUT2D eigenvalue weighted by atomic mass is 10.2. The number of pyridine rings is 2. The number of nitrogens with zero attached hydrogens (tertiary/aromatic N) is 3. The fourth-order valence-corrected chi connectivity index (χ4v) is 2.10. The molecule has 0 radical (unpaired) electrons. The second kappa shape index (κ2) is 6.69. The summed E-state index contributed by atoms with van der Waals surface area (Å²) >= 11 is 0. The molecule has 0 unspecified atom stereocenters. The van der Waals surface area contributed by atoms with Gasteiger partial charge in [0.05, 0.1) is 23.1 Å². The molecule has 0 bridgehead atoms. The Kier molecular flexibility index (Phi) is 4.28. The van der Waals surface area contributed by atoms with E-state index in [1.165, 1.54) is 6.20 Å². The molecule has 0 aliphatic carbocycles. The van der Waals surface area contributed by atoms with Crippen LogP contribution in [0.25, 0.3) is 11.4 Å². The number of aromatic amines is 1. The van der Waals surface area contributed by atoms with Crippen molar-refractivity contribution in [2.45, 2.75) is 6.92 Å². The molecule has 3 aromatic rings. The highest BCUT2D eigenvalue weighted by atomic mass is 16.1. The van der Waals surface area contributed by atoms with Gasteiger partial charge in [0.15, 0.2) is 0 Å². The van der Waals surface area contributed by atoms with E-state index in [4.69, 9.17) is 0 Å². The van der Waals surface area contributed by atoms with Crippen LogP contribution in [-0.4, -0.2) is 32.6 Å². The van der Waals surface area contributed by atoms with Gasteiger partial charge in [-0.25, -0.2) is 4.98 Å². The Bertz CT molecular complexity index is 782. The zero-order chi connectivity index (χ0) is 16.1. The number of H-pyrrole nitrogens is 1. The minimum atomic E-state index is -0.251. The van der Waals surface area contributed by atoms with E-state index >= 15 is 0 Å². The van der Waals surface area contributed by atoms with Crippen LogP contribution < -0.4 is 10.6 Å². The molecule has 3 rings (SSSR count). The first kappa shape index (κ1) is 14.7. The summed E-state index contributed by atoms with van der Waals surface area (Å²) in [6.07, 6.45) is 4.78. The molecule has 23 heavy (non-hydrogen) atoms. The number of hydrogen-bond donors (Lipinski definition) is 3. The monoisotopic (exact) mass is 308 g/mol. The van der Waals surface area contributed by atoms with Gasteiger partial charge in [-0.3, -0.25) is 14.9 Å². The van der Waals surface area contributed by atoms with Crippen molar-refractivity contribution in [1.29, 1.82) is 0 Å². The molecule has 0 atom stereocenters. The van der Waals surface area contributed by atoms with Crippen molar-refractivity contribution < 1.29 is 4.79 Å². The summed E-state index contributed by atoms with van der Waals surface area (Å²) in [6, 6.07) is 9.04. The van der Waals surface area contributed by atoms with Crippen LogP contribution in [0, 0.1) is 0 Å². The number of rotatable bonds is 5. The van der Waals surface area contributed by atoms with Crippen LogP contribution >= 0.6 is 0 Å². The molecule has 0 aliphatic rings. The van der Waals surface area contributed by atoms with Gasteiger partial charge in [0, 0.05) is 18.9 Å². The van der Waals surface area contributed by atoms with Crippen molar-refractivity contribution in [2.75, 3.05) is 17.2 Å². The Balaban J connectivity index is 1.77. The van der Waals surface area contributed by atoms with E-state index in [1.807, 2.05) is 25.1 Å². The van der Waals surface area contributed by atoms with Crippen molar-refractivity contribution in [3.63, 3.8) is 0 Å². The third-order valence-electron chi connectivity index (χ3n) is 3.19. The standard InChI is InChI=1S/C16H16N6O/c1-2-17-14-7-6-11(9-19-14)16(23)21-13-10-20-22-15(13)12-5-3-4-8-18-12/h3-10H,2H2,1H3,(H,17,19)(H,20,22)(H,21,23). The molecule has 0 spiro atoms. The highest BCUT2D eigenvalue weighted by Crippen LogP contribution is 2.23. The van der Waals surface area contributed by atoms with Gasteiger partial charge in [-0.2, -0.15) is 5.10 Å². The van der Waals surface area contributed by atoms with Gasteiger partial charge in [0.2, 0.25) is 0 Å². The summed E-state index contributed by atoms with van der Waals surface area (Å²) < 4.78 is 0. The van der Waals surface area contributed by atoms with Crippen molar-refractivity contribution in [2.24, 2.45) is 0 Å². The van der Waals surface area contributed by atoms with Crippen LogP contribution in [-0.2, 0) is 0 Å². The molecule has 7 nitrogen and oxygen atoms in total. The first-order chi connectivity index (χ1) is 11.3. The number of anilines is 2. The zero-order valence-corrected chi connectivity index (χ0v) is 12.6. The maximum absolute atomic E-state index is 12.3. The molecule has 3 N–H and O–H groups in total. The Labute approximate surface area is 133 Å². The van der Waals surface area contributed by atoms with E-state index in [9.17, 15) is 4.79 Å². The molecule has 0 aromatic carbocycles. The van der Waals surface area contributed by atoms with Crippen LogP contribution in [0.15, 0.2) is 48.9 Å². The second-order valence-corrected chi connectivity index (χ2v) is 4.79. The molecule has 116 valence electrons. The van der Waals surface area contributed by atoms with Gasteiger partial charge in [-0.05, 0) is 31.2 Å². The minimum Gasteiger partial charge on any atom is -0.370 e. The SMILES string of the molecule is CCNc1ccc(C(=O)Nc2cn[nH]c2-c2ccccn2)cn1. The third-order valence-corrected chi connectivity index (χ3v) is 3.19. The summed E-state index contributed by atoms with van der Waals surface area (Å²) in [5, 5.41) is 12.7. The number of hydrogen-bond acceptors (Lipinski definition) is 5. The predicted octanol–water partition coefficient (Wildman–Crippen LogP) is 2.55.